The normalized spacial score (nSPS) is 23.7. The van der Waals surface area contributed by atoms with E-state index in [1.165, 1.54) is 0 Å². The summed E-state index contributed by atoms with van der Waals surface area (Å²) in [4.78, 5) is 0. The Kier molecular flexibility index (Phi) is 10.1. The average molecular weight is 489 g/mol. The zero-order valence-corrected chi connectivity index (χ0v) is 20.1. The lowest BCUT2D eigenvalue weighted by Gasteiger charge is -2.45. The predicted octanol–water partition coefficient (Wildman–Crippen LogP) is 4.11. The summed E-state index contributed by atoms with van der Waals surface area (Å²) in [5.41, 5.74) is 3.01. The first kappa shape index (κ1) is 26.1. The topological polar surface area (TPSA) is 66.4 Å². The average Bonchev–Trinajstić information content (AvgIpc) is 2.94. The SMILES string of the molecule is C#CCO[C@H]1O[C@H](CO)[C@@H](OCc2ccccc2)[C@H](OCc2ccccc2)[C@H]1OCc1ccccc1. The Balaban J connectivity index is 1.59. The van der Waals surface area contributed by atoms with Gasteiger partial charge in [-0.3, -0.25) is 0 Å². The van der Waals surface area contributed by atoms with Crippen LogP contribution in [0.1, 0.15) is 16.7 Å². The van der Waals surface area contributed by atoms with Crippen LogP contribution >= 0.6 is 0 Å². The molecule has 0 bridgehead atoms. The molecule has 1 fully saturated rings. The predicted molar refractivity (Wildman–Crippen MR) is 136 cm³/mol. The van der Waals surface area contributed by atoms with E-state index in [0.717, 1.165) is 16.7 Å². The van der Waals surface area contributed by atoms with Crippen LogP contribution in [0.15, 0.2) is 91.0 Å². The summed E-state index contributed by atoms with van der Waals surface area (Å²) < 4.78 is 31.1. The molecule has 36 heavy (non-hydrogen) atoms. The van der Waals surface area contributed by atoms with E-state index < -0.39 is 30.7 Å². The van der Waals surface area contributed by atoms with Gasteiger partial charge in [0.1, 0.15) is 31.0 Å². The maximum absolute atomic E-state index is 10.2. The van der Waals surface area contributed by atoms with Crippen molar-refractivity contribution in [1.82, 2.24) is 0 Å². The van der Waals surface area contributed by atoms with Crippen LogP contribution in [0.4, 0.5) is 0 Å². The molecule has 3 aromatic rings. The lowest BCUT2D eigenvalue weighted by molar-refractivity contribution is -0.324. The molecule has 1 saturated heterocycles. The monoisotopic (exact) mass is 488 g/mol. The lowest BCUT2D eigenvalue weighted by Crippen LogP contribution is -2.61. The summed E-state index contributed by atoms with van der Waals surface area (Å²) in [6.45, 7) is 0.756. The van der Waals surface area contributed by atoms with Gasteiger partial charge in [0.05, 0.1) is 26.4 Å². The van der Waals surface area contributed by atoms with Crippen LogP contribution in [0, 0.1) is 12.3 Å². The fraction of sp³-hybridized carbons (Fsp3) is 0.333. The van der Waals surface area contributed by atoms with Gasteiger partial charge in [0, 0.05) is 0 Å². The van der Waals surface area contributed by atoms with E-state index in [2.05, 4.69) is 5.92 Å². The van der Waals surface area contributed by atoms with Gasteiger partial charge < -0.3 is 28.8 Å². The van der Waals surface area contributed by atoms with Crippen molar-refractivity contribution in [2.75, 3.05) is 13.2 Å². The summed E-state index contributed by atoms with van der Waals surface area (Å²) in [5.74, 6) is 2.48. The van der Waals surface area contributed by atoms with Crippen molar-refractivity contribution in [3.63, 3.8) is 0 Å². The number of aliphatic hydroxyl groups is 1. The van der Waals surface area contributed by atoms with E-state index in [-0.39, 0.29) is 13.2 Å². The first-order valence-corrected chi connectivity index (χ1v) is 12.1. The van der Waals surface area contributed by atoms with Gasteiger partial charge in [0.25, 0.3) is 0 Å². The minimum Gasteiger partial charge on any atom is -0.394 e. The molecule has 0 saturated carbocycles. The first-order valence-electron chi connectivity index (χ1n) is 12.1. The number of hydrogen-bond donors (Lipinski definition) is 1. The van der Waals surface area contributed by atoms with Crippen molar-refractivity contribution in [2.24, 2.45) is 0 Å². The van der Waals surface area contributed by atoms with E-state index >= 15 is 0 Å². The van der Waals surface area contributed by atoms with Crippen molar-refractivity contribution in [3.8, 4) is 12.3 Å². The molecule has 1 aliphatic heterocycles. The van der Waals surface area contributed by atoms with Gasteiger partial charge in [0.15, 0.2) is 6.29 Å². The van der Waals surface area contributed by atoms with Gasteiger partial charge >= 0.3 is 0 Å². The summed E-state index contributed by atoms with van der Waals surface area (Å²) in [6, 6.07) is 29.6. The van der Waals surface area contributed by atoms with Crippen LogP contribution < -0.4 is 0 Å². The Morgan fingerprint density at radius 2 is 1.08 bits per heavy atom. The third kappa shape index (κ3) is 7.25. The number of hydrogen-bond acceptors (Lipinski definition) is 6. The van der Waals surface area contributed by atoms with E-state index in [1.54, 1.807) is 0 Å². The van der Waals surface area contributed by atoms with Crippen LogP contribution in [0.3, 0.4) is 0 Å². The van der Waals surface area contributed by atoms with Gasteiger partial charge in [-0.15, -0.1) is 6.42 Å². The molecule has 1 aliphatic rings. The fourth-order valence-electron chi connectivity index (χ4n) is 4.16. The number of terminal acetylenes is 1. The Labute approximate surface area is 212 Å². The van der Waals surface area contributed by atoms with Crippen molar-refractivity contribution in [1.29, 1.82) is 0 Å². The molecule has 6 heteroatoms. The highest BCUT2D eigenvalue weighted by atomic mass is 16.7. The van der Waals surface area contributed by atoms with Gasteiger partial charge in [-0.1, -0.05) is 96.9 Å². The third-order valence-corrected chi connectivity index (χ3v) is 5.96. The molecule has 0 aliphatic carbocycles. The Morgan fingerprint density at radius 3 is 1.53 bits per heavy atom. The second-order valence-electron chi connectivity index (χ2n) is 8.52. The van der Waals surface area contributed by atoms with Crippen LogP contribution in [0.25, 0.3) is 0 Å². The van der Waals surface area contributed by atoms with E-state index in [0.29, 0.717) is 19.8 Å². The second-order valence-corrected chi connectivity index (χ2v) is 8.52. The lowest BCUT2D eigenvalue weighted by atomic mass is 9.98. The molecule has 0 spiro atoms. The highest BCUT2D eigenvalue weighted by Gasteiger charge is 2.48. The Hall–Kier alpha value is -3.02. The molecule has 1 N–H and O–H groups in total. The molecule has 0 amide bonds. The highest BCUT2D eigenvalue weighted by Crippen LogP contribution is 2.31. The molecular weight excluding hydrogens is 456 g/mol. The molecular formula is C30H32O6. The fourth-order valence-corrected chi connectivity index (χ4v) is 4.16. The molecule has 3 aromatic carbocycles. The number of ether oxygens (including phenoxy) is 5. The van der Waals surface area contributed by atoms with Crippen LogP contribution in [0.5, 0.6) is 0 Å². The molecule has 4 rings (SSSR count). The van der Waals surface area contributed by atoms with Gasteiger partial charge in [-0.25, -0.2) is 0 Å². The summed E-state index contributed by atoms with van der Waals surface area (Å²) >= 11 is 0. The molecule has 6 nitrogen and oxygen atoms in total. The van der Waals surface area contributed by atoms with Gasteiger partial charge in [0.2, 0.25) is 0 Å². The van der Waals surface area contributed by atoms with Crippen molar-refractivity contribution in [3.05, 3.63) is 108 Å². The molecule has 0 unspecified atom stereocenters. The number of benzene rings is 3. The Bertz CT molecular complexity index is 1050. The largest absolute Gasteiger partial charge is 0.394 e. The highest BCUT2D eigenvalue weighted by molar-refractivity contribution is 5.15. The summed E-state index contributed by atoms with van der Waals surface area (Å²) in [5, 5.41) is 10.2. The molecule has 1 heterocycles. The van der Waals surface area contributed by atoms with E-state index in [4.69, 9.17) is 30.1 Å². The standard InChI is InChI=1S/C30H32O6/c1-2-18-32-30-29(35-22-25-16-10-5-11-17-25)28(34-21-24-14-8-4-9-15-24)27(26(19-31)36-30)33-20-23-12-6-3-7-13-23/h1,3-17,26-31H,18-22H2/t26-,27-,28+,29-,30+/m1/s1. The third-order valence-electron chi connectivity index (χ3n) is 5.96. The van der Waals surface area contributed by atoms with Gasteiger partial charge in [-0.2, -0.15) is 0 Å². The maximum Gasteiger partial charge on any atom is 0.188 e. The van der Waals surface area contributed by atoms with Gasteiger partial charge in [-0.05, 0) is 16.7 Å². The van der Waals surface area contributed by atoms with Crippen LogP contribution in [-0.2, 0) is 43.5 Å². The second kappa shape index (κ2) is 13.9. The minimum absolute atomic E-state index is 0.0367. The van der Waals surface area contributed by atoms with Crippen molar-refractivity contribution >= 4 is 0 Å². The zero-order chi connectivity index (χ0) is 25.0. The van der Waals surface area contributed by atoms with Crippen LogP contribution in [0.2, 0.25) is 0 Å². The summed E-state index contributed by atoms with van der Waals surface area (Å²) in [7, 11) is 0. The first-order chi connectivity index (χ1) is 17.8. The van der Waals surface area contributed by atoms with Crippen molar-refractivity contribution in [2.45, 2.75) is 50.5 Å². The maximum atomic E-state index is 10.2. The zero-order valence-electron chi connectivity index (χ0n) is 20.1. The smallest absolute Gasteiger partial charge is 0.188 e. The molecule has 5 atom stereocenters. The number of rotatable bonds is 12. The van der Waals surface area contributed by atoms with E-state index in [9.17, 15) is 5.11 Å². The number of aliphatic hydroxyl groups excluding tert-OH is 1. The minimum atomic E-state index is -0.834. The summed E-state index contributed by atoms with van der Waals surface area (Å²) in [6.07, 6.45) is 2.09. The quantitative estimate of drug-likeness (QED) is 0.387. The molecule has 0 radical (unpaired) electrons. The Morgan fingerprint density at radius 1 is 0.639 bits per heavy atom. The van der Waals surface area contributed by atoms with Crippen LogP contribution in [-0.4, -0.2) is 49.0 Å². The van der Waals surface area contributed by atoms with E-state index in [1.807, 2.05) is 91.0 Å². The molecule has 188 valence electrons. The van der Waals surface area contributed by atoms with Crippen molar-refractivity contribution < 1.29 is 28.8 Å². The molecule has 0 aromatic heterocycles.